The molecule has 5 heteroatoms. The molecule has 1 fully saturated rings. The monoisotopic (exact) mass is 309 g/mol. The van der Waals surface area contributed by atoms with Crippen LogP contribution in [-0.4, -0.2) is 31.4 Å². The number of fused-ring (bicyclic) bond motifs is 1. The van der Waals surface area contributed by atoms with Crippen LogP contribution in [0.15, 0.2) is 23.1 Å². The molecule has 1 aromatic rings. The molecule has 1 aliphatic carbocycles. The number of ether oxygens (including phenoxy) is 1. The van der Waals surface area contributed by atoms with Gasteiger partial charge in [0.25, 0.3) is 0 Å². The van der Waals surface area contributed by atoms with Crippen LogP contribution in [0.1, 0.15) is 39.2 Å². The molecule has 1 aromatic carbocycles. The average molecular weight is 309 g/mol. The summed E-state index contributed by atoms with van der Waals surface area (Å²) in [6, 6.07) is 5.46. The normalized spacial score (nSPS) is 22.0. The van der Waals surface area contributed by atoms with Crippen molar-refractivity contribution >= 4 is 10.0 Å². The van der Waals surface area contributed by atoms with Crippen molar-refractivity contribution in [2.45, 2.75) is 56.6 Å². The maximum atomic E-state index is 12.9. The maximum Gasteiger partial charge on any atom is 0.246 e. The van der Waals surface area contributed by atoms with Gasteiger partial charge in [-0.1, -0.05) is 12.1 Å². The van der Waals surface area contributed by atoms with E-state index in [0.29, 0.717) is 16.6 Å². The average Bonchev–Trinajstić information content (AvgIpc) is 3.18. The highest BCUT2D eigenvalue weighted by atomic mass is 32.2. The van der Waals surface area contributed by atoms with E-state index in [-0.39, 0.29) is 11.6 Å². The second-order valence-electron chi connectivity index (χ2n) is 6.88. The lowest BCUT2D eigenvalue weighted by molar-refractivity contribution is 0.134. The zero-order valence-corrected chi connectivity index (χ0v) is 13.9. The van der Waals surface area contributed by atoms with Crippen LogP contribution in [0.25, 0.3) is 0 Å². The number of benzene rings is 1. The molecule has 1 aliphatic heterocycles. The fraction of sp³-hybridized carbons (Fsp3) is 0.625. The Morgan fingerprint density at radius 1 is 1.33 bits per heavy atom. The van der Waals surface area contributed by atoms with Crippen LogP contribution in [0.4, 0.5) is 0 Å². The highest BCUT2D eigenvalue weighted by Crippen LogP contribution is 2.42. The molecule has 0 aromatic heterocycles. The standard InChI is InChI=1S/C16H23NO3S/c1-11(12-8-9-12)17(4)21(18,19)14-7-5-6-13-10-16(2,3)20-15(13)14/h5-7,11-12H,8-10H2,1-4H3. The van der Waals surface area contributed by atoms with Gasteiger partial charge in [-0.05, 0) is 51.2 Å². The summed E-state index contributed by atoms with van der Waals surface area (Å²) in [4.78, 5) is 0.306. The number of rotatable bonds is 4. The minimum Gasteiger partial charge on any atom is -0.486 e. The molecule has 0 bridgehead atoms. The van der Waals surface area contributed by atoms with Crippen molar-refractivity contribution in [2.75, 3.05) is 7.05 Å². The van der Waals surface area contributed by atoms with Gasteiger partial charge in [0.15, 0.2) is 0 Å². The van der Waals surface area contributed by atoms with E-state index in [2.05, 4.69) is 0 Å². The first-order valence-corrected chi connectivity index (χ1v) is 8.95. The topological polar surface area (TPSA) is 46.6 Å². The quantitative estimate of drug-likeness (QED) is 0.859. The van der Waals surface area contributed by atoms with Gasteiger partial charge >= 0.3 is 0 Å². The molecule has 0 radical (unpaired) electrons. The Morgan fingerprint density at radius 2 is 2.00 bits per heavy atom. The lowest BCUT2D eigenvalue weighted by atomic mass is 10.0. The highest BCUT2D eigenvalue weighted by Gasteiger charge is 2.40. The first kappa shape index (κ1) is 14.9. The van der Waals surface area contributed by atoms with Gasteiger partial charge in [0.1, 0.15) is 16.2 Å². The zero-order valence-electron chi connectivity index (χ0n) is 13.1. The first-order valence-electron chi connectivity index (χ1n) is 7.51. The van der Waals surface area contributed by atoms with Gasteiger partial charge in [-0.15, -0.1) is 0 Å². The molecular formula is C16H23NO3S. The Balaban J connectivity index is 1.99. The molecule has 4 nitrogen and oxygen atoms in total. The lowest BCUT2D eigenvalue weighted by Gasteiger charge is -2.25. The van der Waals surface area contributed by atoms with E-state index in [1.165, 1.54) is 4.31 Å². The third-order valence-corrected chi connectivity index (χ3v) is 6.56. The lowest BCUT2D eigenvalue weighted by Crippen LogP contribution is -2.36. The largest absolute Gasteiger partial charge is 0.486 e. The number of para-hydroxylation sites is 1. The minimum atomic E-state index is -3.51. The van der Waals surface area contributed by atoms with Gasteiger partial charge < -0.3 is 4.74 Å². The van der Waals surface area contributed by atoms with Crippen molar-refractivity contribution < 1.29 is 13.2 Å². The van der Waals surface area contributed by atoms with Gasteiger partial charge in [-0.25, -0.2) is 8.42 Å². The zero-order chi connectivity index (χ0) is 15.4. The fourth-order valence-electron chi connectivity index (χ4n) is 3.04. The van der Waals surface area contributed by atoms with E-state index >= 15 is 0 Å². The third-order valence-electron chi connectivity index (χ3n) is 4.59. The minimum absolute atomic E-state index is 0.0419. The third kappa shape index (κ3) is 2.57. The fourth-order valence-corrected chi connectivity index (χ4v) is 4.62. The number of nitrogens with zero attached hydrogens (tertiary/aromatic N) is 1. The van der Waals surface area contributed by atoms with E-state index in [1.54, 1.807) is 13.1 Å². The van der Waals surface area contributed by atoms with Crippen molar-refractivity contribution in [3.63, 3.8) is 0 Å². The molecule has 0 saturated heterocycles. The molecule has 1 saturated carbocycles. The van der Waals surface area contributed by atoms with Gasteiger partial charge in [0.2, 0.25) is 10.0 Å². The van der Waals surface area contributed by atoms with Gasteiger partial charge in [0.05, 0.1) is 0 Å². The van der Waals surface area contributed by atoms with Crippen molar-refractivity contribution in [1.29, 1.82) is 0 Å². The van der Waals surface area contributed by atoms with Crippen molar-refractivity contribution in [2.24, 2.45) is 5.92 Å². The first-order chi connectivity index (χ1) is 9.72. The number of hydrogen-bond acceptors (Lipinski definition) is 3. The van der Waals surface area contributed by atoms with E-state index in [9.17, 15) is 8.42 Å². The van der Waals surface area contributed by atoms with Crippen LogP contribution < -0.4 is 4.74 Å². The molecular weight excluding hydrogens is 286 g/mol. The molecule has 0 spiro atoms. The summed E-state index contributed by atoms with van der Waals surface area (Å²) in [6.45, 7) is 5.96. The Hall–Kier alpha value is -1.07. The van der Waals surface area contributed by atoms with Crippen LogP contribution >= 0.6 is 0 Å². The smallest absolute Gasteiger partial charge is 0.246 e. The number of sulfonamides is 1. The second kappa shape index (κ2) is 4.71. The molecule has 1 heterocycles. The van der Waals surface area contributed by atoms with Gasteiger partial charge in [-0.3, -0.25) is 0 Å². The molecule has 116 valence electrons. The van der Waals surface area contributed by atoms with Gasteiger partial charge in [0, 0.05) is 19.5 Å². The van der Waals surface area contributed by atoms with E-state index in [1.807, 2.05) is 32.9 Å². The highest BCUT2D eigenvalue weighted by molar-refractivity contribution is 7.89. The predicted molar refractivity (Wildman–Crippen MR) is 82.0 cm³/mol. The van der Waals surface area contributed by atoms with E-state index in [0.717, 1.165) is 24.8 Å². The summed E-state index contributed by atoms with van der Waals surface area (Å²) in [5.41, 5.74) is 0.641. The number of hydrogen-bond donors (Lipinski definition) is 0. The summed E-state index contributed by atoms with van der Waals surface area (Å²) in [5.74, 6) is 1.04. The van der Waals surface area contributed by atoms with Crippen LogP contribution in [0, 0.1) is 5.92 Å². The Morgan fingerprint density at radius 3 is 2.62 bits per heavy atom. The summed E-state index contributed by atoms with van der Waals surface area (Å²) in [6.07, 6.45) is 2.99. The summed E-state index contributed by atoms with van der Waals surface area (Å²) in [7, 11) is -1.83. The van der Waals surface area contributed by atoms with Crippen LogP contribution in [0.5, 0.6) is 5.75 Å². The molecule has 0 amide bonds. The maximum absolute atomic E-state index is 12.9. The SMILES string of the molecule is CC(C1CC1)N(C)S(=O)(=O)c1cccc2c1OC(C)(C)C2. The molecule has 21 heavy (non-hydrogen) atoms. The summed E-state index contributed by atoms with van der Waals surface area (Å²) >= 11 is 0. The molecule has 2 aliphatic rings. The predicted octanol–water partition coefficient (Wildman–Crippen LogP) is 2.82. The summed E-state index contributed by atoms with van der Waals surface area (Å²) in [5, 5.41) is 0. The molecule has 1 atom stereocenters. The molecule has 1 unspecified atom stereocenters. The van der Waals surface area contributed by atoms with Gasteiger partial charge in [-0.2, -0.15) is 4.31 Å². The van der Waals surface area contributed by atoms with E-state index < -0.39 is 10.0 Å². The molecule has 0 N–H and O–H groups in total. The van der Waals surface area contributed by atoms with Crippen LogP contribution in [0.2, 0.25) is 0 Å². The van der Waals surface area contributed by atoms with Crippen LogP contribution in [-0.2, 0) is 16.4 Å². The van der Waals surface area contributed by atoms with E-state index in [4.69, 9.17) is 4.74 Å². The Bertz CT molecular complexity index is 662. The summed E-state index contributed by atoms with van der Waals surface area (Å²) < 4.78 is 33.3. The van der Waals surface area contributed by atoms with Crippen molar-refractivity contribution in [3.05, 3.63) is 23.8 Å². The van der Waals surface area contributed by atoms with Crippen LogP contribution in [0.3, 0.4) is 0 Å². The van der Waals surface area contributed by atoms with Crippen molar-refractivity contribution in [1.82, 2.24) is 4.31 Å². The Labute approximate surface area is 127 Å². The second-order valence-corrected chi connectivity index (χ2v) is 8.85. The molecule has 3 rings (SSSR count). The Kier molecular flexibility index (Phi) is 3.33. The van der Waals surface area contributed by atoms with Crippen molar-refractivity contribution in [3.8, 4) is 5.75 Å².